The minimum atomic E-state index is -1.08. The first-order valence-electron chi connectivity index (χ1n) is 8.53. The van der Waals surface area contributed by atoms with Gasteiger partial charge in [0.15, 0.2) is 5.76 Å². The molecule has 29 heavy (non-hydrogen) atoms. The van der Waals surface area contributed by atoms with Crippen LogP contribution >= 0.6 is 0 Å². The van der Waals surface area contributed by atoms with Crippen LogP contribution in [0.1, 0.15) is 10.4 Å². The highest BCUT2D eigenvalue weighted by Gasteiger charge is 2.19. The first-order valence-corrected chi connectivity index (χ1v) is 8.53. The quantitative estimate of drug-likeness (QED) is 0.474. The number of carboxylic acid groups (broad SMARTS) is 1. The maximum absolute atomic E-state index is 13.1. The summed E-state index contributed by atoms with van der Waals surface area (Å²) in [5.41, 5.74) is 0.266. The lowest BCUT2D eigenvalue weighted by Crippen LogP contribution is -2.07. The summed E-state index contributed by atoms with van der Waals surface area (Å²) in [7, 11) is 0. The van der Waals surface area contributed by atoms with Crippen molar-refractivity contribution in [3.63, 3.8) is 0 Å². The lowest BCUT2D eigenvalue weighted by molar-refractivity contribution is 0.0697. The van der Waals surface area contributed by atoms with Crippen LogP contribution in [0.2, 0.25) is 0 Å². The highest BCUT2D eigenvalue weighted by atomic mass is 16.5. The van der Waals surface area contributed by atoms with Gasteiger partial charge in [-0.3, -0.25) is 4.79 Å². The van der Waals surface area contributed by atoms with Crippen molar-refractivity contribution in [3.8, 4) is 34.3 Å². The Labute approximate surface area is 163 Å². The molecule has 0 bridgehead atoms. The smallest absolute Gasteiger partial charge is 0.335 e. The lowest BCUT2D eigenvalue weighted by atomic mass is 10.1. The fourth-order valence-electron chi connectivity index (χ4n) is 2.84. The Morgan fingerprint density at radius 3 is 2.17 bits per heavy atom. The van der Waals surface area contributed by atoms with Crippen molar-refractivity contribution in [1.82, 2.24) is 0 Å². The molecule has 0 aliphatic heterocycles. The van der Waals surface area contributed by atoms with Crippen LogP contribution in [0, 0.1) is 0 Å². The van der Waals surface area contributed by atoms with E-state index in [1.54, 1.807) is 12.1 Å². The molecule has 1 heterocycles. The molecule has 4 rings (SSSR count). The molecule has 3 N–H and O–H groups in total. The minimum Gasteiger partial charge on any atom is -0.508 e. The van der Waals surface area contributed by atoms with Crippen molar-refractivity contribution in [3.05, 3.63) is 82.5 Å². The SMILES string of the molecule is O=C(O)c1ccc(Oc2c(-c3ccc(O)cc3)oc3cc(O)ccc3c2=O)cc1. The fraction of sp³-hybridized carbons (Fsp3) is 0. The van der Waals surface area contributed by atoms with E-state index in [4.69, 9.17) is 14.3 Å². The number of phenols is 2. The van der Waals surface area contributed by atoms with Gasteiger partial charge in [-0.25, -0.2) is 4.79 Å². The van der Waals surface area contributed by atoms with E-state index in [2.05, 4.69) is 0 Å². The van der Waals surface area contributed by atoms with Gasteiger partial charge >= 0.3 is 5.97 Å². The summed E-state index contributed by atoms with van der Waals surface area (Å²) in [5.74, 6) is -0.837. The van der Waals surface area contributed by atoms with E-state index < -0.39 is 11.4 Å². The molecule has 4 aromatic rings. The molecule has 3 aromatic carbocycles. The number of phenolic OH excluding ortho intramolecular Hbond substituents is 2. The summed E-state index contributed by atoms with van der Waals surface area (Å²) in [5, 5.41) is 28.5. The highest BCUT2D eigenvalue weighted by molar-refractivity contribution is 5.87. The number of carbonyl (C=O) groups is 1. The maximum Gasteiger partial charge on any atom is 0.335 e. The van der Waals surface area contributed by atoms with Crippen molar-refractivity contribution >= 4 is 16.9 Å². The maximum atomic E-state index is 13.1. The third-order valence-corrected chi connectivity index (χ3v) is 4.28. The van der Waals surface area contributed by atoms with E-state index in [0.29, 0.717) is 5.56 Å². The molecule has 0 aliphatic carbocycles. The number of rotatable bonds is 4. The largest absolute Gasteiger partial charge is 0.508 e. The van der Waals surface area contributed by atoms with Gasteiger partial charge in [-0.1, -0.05) is 0 Å². The molecule has 0 fully saturated rings. The molecular weight excluding hydrogens is 376 g/mol. The summed E-state index contributed by atoms with van der Waals surface area (Å²) in [6.07, 6.45) is 0. The topological polar surface area (TPSA) is 117 Å². The first kappa shape index (κ1) is 18.1. The first-order chi connectivity index (χ1) is 13.9. The molecule has 7 heteroatoms. The number of fused-ring (bicyclic) bond motifs is 1. The number of aromatic hydroxyl groups is 2. The van der Waals surface area contributed by atoms with Crippen LogP contribution in [0.25, 0.3) is 22.3 Å². The van der Waals surface area contributed by atoms with Gasteiger partial charge in [-0.05, 0) is 60.7 Å². The zero-order chi connectivity index (χ0) is 20.5. The Bertz CT molecular complexity index is 1270. The average molecular weight is 390 g/mol. The zero-order valence-electron chi connectivity index (χ0n) is 14.8. The van der Waals surface area contributed by atoms with E-state index in [-0.39, 0.29) is 45.3 Å². The second-order valence-corrected chi connectivity index (χ2v) is 6.25. The van der Waals surface area contributed by atoms with Crippen LogP contribution in [0.3, 0.4) is 0 Å². The predicted molar refractivity (Wildman–Crippen MR) is 105 cm³/mol. The molecule has 0 unspecified atom stereocenters. The van der Waals surface area contributed by atoms with Gasteiger partial charge in [0.05, 0.1) is 10.9 Å². The normalized spacial score (nSPS) is 10.8. The zero-order valence-corrected chi connectivity index (χ0v) is 14.8. The van der Waals surface area contributed by atoms with Crippen molar-refractivity contribution in [2.75, 3.05) is 0 Å². The van der Waals surface area contributed by atoms with E-state index in [9.17, 15) is 19.8 Å². The number of carboxylic acids is 1. The Morgan fingerprint density at radius 2 is 1.52 bits per heavy atom. The van der Waals surface area contributed by atoms with Gasteiger partial charge in [0.2, 0.25) is 11.2 Å². The second kappa shape index (κ2) is 7.05. The van der Waals surface area contributed by atoms with Crippen molar-refractivity contribution in [2.24, 2.45) is 0 Å². The number of ether oxygens (including phenoxy) is 1. The molecule has 0 aliphatic rings. The summed E-state index contributed by atoms with van der Waals surface area (Å²) in [4.78, 5) is 24.1. The Morgan fingerprint density at radius 1 is 0.862 bits per heavy atom. The summed E-state index contributed by atoms with van der Waals surface area (Å²) >= 11 is 0. The Hall–Kier alpha value is -4.26. The predicted octanol–water partition coefficient (Wildman–Crippen LogP) is 4.36. The Kier molecular flexibility index (Phi) is 4.40. The van der Waals surface area contributed by atoms with Crippen molar-refractivity contribution in [2.45, 2.75) is 0 Å². The van der Waals surface area contributed by atoms with E-state index >= 15 is 0 Å². The average Bonchev–Trinajstić information content (AvgIpc) is 2.71. The van der Waals surface area contributed by atoms with E-state index in [1.807, 2.05) is 0 Å². The molecule has 0 atom stereocenters. The van der Waals surface area contributed by atoms with Crippen LogP contribution in [0.5, 0.6) is 23.0 Å². The molecule has 0 saturated heterocycles. The third-order valence-electron chi connectivity index (χ3n) is 4.28. The van der Waals surface area contributed by atoms with Gasteiger partial charge in [0, 0.05) is 11.6 Å². The molecule has 1 aromatic heterocycles. The fourth-order valence-corrected chi connectivity index (χ4v) is 2.84. The molecule has 0 saturated carbocycles. The minimum absolute atomic E-state index is 0.0428. The van der Waals surface area contributed by atoms with Gasteiger partial charge in [0.1, 0.15) is 22.8 Å². The van der Waals surface area contributed by atoms with Crippen LogP contribution in [-0.2, 0) is 0 Å². The van der Waals surface area contributed by atoms with Crippen LogP contribution in [0.4, 0.5) is 0 Å². The monoisotopic (exact) mass is 390 g/mol. The second-order valence-electron chi connectivity index (χ2n) is 6.25. The molecular formula is C22H14O7. The van der Waals surface area contributed by atoms with Gasteiger partial charge in [-0.2, -0.15) is 0 Å². The number of hydrogen-bond donors (Lipinski definition) is 3. The summed E-state index contributed by atoms with van der Waals surface area (Å²) in [6.45, 7) is 0. The van der Waals surface area contributed by atoms with Crippen molar-refractivity contribution < 1.29 is 29.3 Å². The van der Waals surface area contributed by atoms with E-state index in [0.717, 1.165) is 0 Å². The lowest BCUT2D eigenvalue weighted by Gasteiger charge is -2.12. The van der Waals surface area contributed by atoms with Gasteiger partial charge in [0.25, 0.3) is 0 Å². The molecule has 0 spiro atoms. The number of benzene rings is 3. The third kappa shape index (κ3) is 3.49. The van der Waals surface area contributed by atoms with Crippen LogP contribution in [-0.4, -0.2) is 21.3 Å². The Balaban J connectivity index is 1.90. The van der Waals surface area contributed by atoms with Crippen LogP contribution < -0.4 is 10.2 Å². The summed E-state index contributed by atoms with van der Waals surface area (Å²) < 4.78 is 11.6. The number of aromatic carboxylic acids is 1. The molecule has 0 radical (unpaired) electrons. The van der Waals surface area contributed by atoms with Crippen molar-refractivity contribution in [1.29, 1.82) is 0 Å². The highest BCUT2D eigenvalue weighted by Crippen LogP contribution is 2.35. The molecule has 144 valence electrons. The van der Waals surface area contributed by atoms with Gasteiger partial charge in [-0.15, -0.1) is 0 Å². The van der Waals surface area contributed by atoms with E-state index in [1.165, 1.54) is 54.6 Å². The summed E-state index contributed by atoms with van der Waals surface area (Å²) in [6, 6.07) is 15.7. The molecule has 0 amide bonds. The molecule has 7 nitrogen and oxygen atoms in total. The standard InChI is InChI=1S/C22H14O7/c23-14-5-1-12(2-6-14)20-21(28-16-8-3-13(4-9-16)22(26)27)19(25)17-10-7-15(24)11-18(17)29-20/h1-11,23-24H,(H,26,27). The van der Waals surface area contributed by atoms with Gasteiger partial charge < -0.3 is 24.5 Å². The number of hydrogen-bond acceptors (Lipinski definition) is 6. The van der Waals surface area contributed by atoms with Crippen LogP contribution in [0.15, 0.2) is 75.9 Å².